The maximum atomic E-state index is 9.09. The number of nitrogens with zero attached hydrogens (tertiary/aromatic N) is 4. The fourth-order valence-corrected chi connectivity index (χ4v) is 2.47. The highest BCUT2D eigenvalue weighted by Gasteiger charge is 2.09. The van der Waals surface area contributed by atoms with Gasteiger partial charge in [0, 0.05) is 31.4 Å². The van der Waals surface area contributed by atoms with Gasteiger partial charge in [0.05, 0.1) is 5.69 Å². The van der Waals surface area contributed by atoms with Gasteiger partial charge in [0.25, 0.3) is 0 Å². The van der Waals surface area contributed by atoms with Crippen LogP contribution in [0.2, 0.25) is 0 Å². The largest absolute Gasteiger partial charge is 0.337 e. The van der Waals surface area contributed by atoms with Crippen molar-refractivity contribution in [1.82, 2.24) is 14.5 Å². The SMILES string of the molecule is Cn1cc(-c2ccccc2)nc1CCc1cccnc1C#N. The van der Waals surface area contributed by atoms with E-state index in [-0.39, 0.29) is 0 Å². The summed E-state index contributed by atoms with van der Waals surface area (Å²) >= 11 is 0. The van der Waals surface area contributed by atoms with Gasteiger partial charge >= 0.3 is 0 Å². The molecule has 0 unspecified atom stereocenters. The number of imidazole rings is 1. The summed E-state index contributed by atoms with van der Waals surface area (Å²) in [5.74, 6) is 1.01. The summed E-state index contributed by atoms with van der Waals surface area (Å²) in [7, 11) is 2.00. The molecule has 3 aromatic rings. The highest BCUT2D eigenvalue weighted by atomic mass is 15.0. The van der Waals surface area contributed by atoms with E-state index in [9.17, 15) is 0 Å². The Morgan fingerprint density at radius 3 is 2.68 bits per heavy atom. The molecule has 0 spiro atoms. The summed E-state index contributed by atoms with van der Waals surface area (Å²) in [6, 6.07) is 16.1. The van der Waals surface area contributed by atoms with E-state index in [0.717, 1.165) is 35.5 Å². The Balaban J connectivity index is 1.79. The quantitative estimate of drug-likeness (QED) is 0.741. The smallest absolute Gasteiger partial charge is 0.143 e. The molecule has 0 N–H and O–H groups in total. The first kappa shape index (κ1) is 14.0. The fourth-order valence-electron chi connectivity index (χ4n) is 2.47. The average molecular weight is 288 g/mol. The van der Waals surface area contributed by atoms with Gasteiger partial charge in [-0.25, -0.2) is 9.97 Å². The number of hydrogen-bond acceptors (Lipinski definition) is 3. The normalized spacial score (nSPS) is 10.4. The Morgan fingerprint density at radius 1 is 1.09 bits per heavy atom. The van der Waals surface area contributed by atoms with E-state index in [2.05, 4.69) is 23.2 Å². The molecule has 22 heavy (non-hydrogen) atoms. The molecule has 0 aliphatic heterocycles. The number of aryl methyl sites for hydroxylation is 3. The molecule has 0 atom stereocenters. The van der Waals surface area contributed by atoms with Crippen LogP contribution in [0.15, 0.2) is 54.9 Å². The van der Waals surface area contributed by atoms with Gasteiger partial charge in [-0.1, -0.05) is 36.4 Å². The molecule has 0 saturated heterocycles. The molecular formula is C18H16N4. The predicted molar refractivity (Wildman–Crippen MR) is 85.0 cm³/mol. The molecule has 4 heteroatoms. The van der Waals surface area contributed by atoms with Crippen molar-refractivity contribution in [2.45, 2.75) is 12.8 Å². The lowest BCUT2D eigenvalue weighted by molar-refractivity contribution is 0.769. The van der Waals surface area contributed by atoms with E-state index in [4.69, 9.17) is 10.2 Å². The summed E-state index contributed by atoms with van der Waals surface area (Å²) in [5.41, 5.74) is 3.56. The summed E-state index contributed by atoms with van der Waals surface area (Å²) in [6.07, 6.45) is 5.23. The van der Waals surface area contributed by atoms with Gasteiger partial charge in [-0.05, 0) is 18.1 Å². The van der Waals surface area contributed by atoms with Gasteiger partial charge in [-0.15, -0.1) is 0 Å². The van der Waals surface area contributed by atoms with Crippen LogP contribution >= 0.6 is 0 Å². The summed E-state index contributed by atoms with van der Waals surface area (Å²) in [6.45, 7) is 0. The average Bonchev–Trinajstić information content (AvgIpc) is 2.95. The molecule has 0 aliphatic carbocycles. The van der Waals surface area contributed by atoms with Crippen LogP contribution in [0.25, 0.3) is 11.3 Å². The van der Waals surface area contributed by atoms with Crippen molar-refractivity contribution in [3.05, 3.63) is 71.9 Å². The minimum atomic E-state index is 0.500. The van der Waals surface area contributed by atoms with Gasteiger partial charge in [0.15, 0.2) is 0 Å². The van der Waals surface area contributed by atoms with E-state index < -0.39 is 0 Å². The van der Waals surface area contributed by atoms with Crippen LogP contribution in [0.5, 0.6) is 0 Å². The van der Waals surface area contributed by atoms with Crippen LogP contribution in [-0.2, 0) is 19.9 Å². The van der Waals surface area contributed by atoms with Crippen molar-refractivity contribution in [1.29, 1.82) is 5.26 Å². The topological polar surface area (TPSA) is 54.5 Å². The molecular weight excluding hydrogens is 272 g/mol. The Labute approximate surface area is 129 Å². The molecule has 3 rings (SSSR count). The van der Waals surface area contributed by atoms with Crippen molar-refractivity contribution in [3.63, 3.8) is 0 Å². The van der Waals surface area contributed by atoms with Crippen LogP contribution in [0.3, 0.4) is 0 Å². The standard InChI is InChI=1S/C18H16N4/c1-22-13-17(14-6-3-2-4-7-14)21-18(22)10-9-15-8-5-11-20-16(15)12-19/h2-8,11,13H,9-10H2,1H3. The van der Waals surface area contributed by atoms with Crippen molar-refractivity contribution < 1.29 is 0 Å². The number of benzene rings is 1. The van der Waals surface area contributed by atoms with Crippen LogP contribution < -0.4 is 0 Å². The first-order valence-corrected chi connectivity index (χ1v) is 7.19. The molecule has 4 nitrogen and oxygen atoms in total. The number of pyridine rings is 1. The molecule has 0 radical (unpaired) electrons. The third-order valence-corrected chi connectivity index (χ3v) is 3.66. The molecule has 0 saturated carbocycles. The Morgan fingerprint density at radius 2 is 1.91 bits per heavy atom. The Bertz CT molecular complexity index is 813. The highest BCUT2D eigenvalue weighted by molar-refractivity contribution is 5.58. The molecule has 2 heterocycles. The van der Waals surface area contributed by atoms with Crippen LogP contribution in [-0.4, -0.2) is 14.5 Å². The second-order valence-corrected chi connectivity index (χ2v) is 5.14. The monoisotopic (exact) mass is 288 g/mol. The van der Waals surface area contributed by atoms with E-state index in [0.29, 0.717) is 5.69 Å². The van der Waals surface area contributed by atoms with E-state index in [1.165, 1.54) is 0 Å². The van der Waals surface area contributed by atoms with Crippen LogP contribution in [0, 0.1) is 11.3 Å². The second-order valence-electron chi connectivity index (χ2n) is 5.14. The van der Waals surface area contributed by atoms with Crippen molar-refractivity contribution in [2.24, 2.45) is 7.05 Å². The molecule has 2 aromatic heterocycles. The second kappa shape index (κ2) is 6.23. The minimum Gasteiger partial charge on any atom is -0.337 e. The van der Waals surface area contributed by atoms with Gasteiger partial charge in [0.2, 0.25) is 0 Å². The van der Waals surface area contributed by atoms with Crippen molar-refractivity contribution in [3.8, 4) is 17.3 Å². The lowest BCUT2D eigenvalue weighted by Crippen LogP contribution is -2.02. The molecule has 108 valence electrons. The van der Waals surface area contributed by atoms with Crippen molar-refractivity contribution >= 4 is 0 Å². The maximum absolute atomic E-state index is 9.09. The zero-order valence-corrected chi connectivity index (χ0v) is 12.4. The van der Waals surface area contributed by atoms with Gasteiger partial charge in [-0.3, -0.25) is 0 Å². The maximum Gasteiger partial charge on any atom is 0.143 e. The van der Waals surface area contributed by atoms with Gasteiger partial charge in [0.1, 0.15) is 17.6 Å². The van der Waals surface area contributed by atoms with Crippen LogP contribution in [0.1, 0.15) is 17.1 Å². The Hall–Kier alpha value is -2.93. The third-order valence-electron chi connectivity index (χ3n) is 3.66. The molecule has 0 bridgehead atoms. The third kappa shape index (κ3) is 2.89. The molecule has 0 fully saturated rings. The van der Waals surface area contributed by atoms with E-state index in [1.807, 2.05) is 48.1 Å². The van der Waals surface area contributed by atoms with E-state index in [1.54, 1.807) is 6.20 Å². The highest BCUT2D eigenvalue weighted by Crippen LogP contribution is 2.18. The first-order chi connectivity index (χ1) is 10.8. The lowest BCUT2D eigenvalue weighted by Gasteiger charge is -2.03. The number of rotatable bonds is 4. The first-order valence-electron chi connectivity index (χ1n) is 7.19. The molecule has 0 aliphatic rings. The lowest BCUT2D eigenvalue weighted by atomic mass is 10.1. The van der Waals surface area contributed by atoms with Crippen LogP contribution in [0.4, 0.5) is 0 Å². The zero-order valence-electron chi connectivity index (χ0n) is 12.4. The minimum absolute atomic E-state index is 0.500. The summed E-state index contributed by atoms with van der Waals surface area (Å²) in [5, 5.41) is 9.09. The Kier molecular flexibility index (Phi) is 3.97. The van der Waals surface area contributed by atoms with Crippen molar-refractivity contribution in [2.75, 3.05) is 0 Å². The zero-order chi connectivity index (χ0) is 15.4. The summed E-state index contributed by atoms with van der Waals surface area (Å²) in [4.78, 5) is 8.81. The predicted octanol–water partition coefficient (Wildman–Crippen LogP) is 3.14. The fraction of sp³-hybridized carbons (Fsp3) is 0.167. The number of nitriles is 1. The number of hydrogen-bond donors (Lipinski definition) is 0. The molecule has 1 aromatic carbocycles. The summed E-state index contributed by atoms with van der Waals surface area (Å²) < 4.78 is 2.05. The van der Waals surface area contributed by atoms with E-state index >= 15 is 0 Å². The molecule has 0 amide bonds. The van der Waals surface area contributed by atoms with Gasteiger partial charge in [-0.2, -0.15) is 5.26 Å². The number of aromatic nitrogens is 3. The van der Waals surface area contributed by atoms with Gasteiger partial charge < -0.3 is 4.57 Å².